The van der Waals surface area contributed by atoms with Crippen molar-refractivity contribution in [3.8, 4) is 11.5 Å². The van der Waals surface area contributed by atoms with Gasteiger partial charge >= 0.3 is 23.9 Å². The zero-order valence-electron chi connectivity index (χ0n) is 23.3. The van der Waals surface area contributed by atoms with Gasteiger partial charge in [-0.15, -0.1) is 10.2 Å². The number of esters is 4. The monoisotopic (exact) mass is 557 g/mol. The van der Waals surface area contributed by atoms with Crippen LogP contribution >= 0.6 is 0 Å². The number of benzene rings is 1. The molecule has 214 valence electrons. The number of ether oxygens (including phenoxy) is 4. The first kappa shape index (κ1) is 29.9. The Kier molecular flexibility index (Phi) is 9.35. The molecule has 2 heterocycles. The van der Waals surface area contributed by atoms with Gasteiger partial charge in [0.05, 0.1) is 17.6 Å². The third-order valence-electron chi connectivity index (χ3n) is 5.97. The predicted molar refractivity (Wildman–Crippen MR) is 139 cm³/mol. The Bertz CT molecular complexity index is 1510. The fraction of sp³-hybridized carbons (Fsp3) is 0.462. The minimum Gasteiger partial charge on any atom is -0.462 e. The van der Waals surface area contributed by atoms with E-state index in [2.05, 4.69) is 15.2 Å². The Morgan fingerprint density at radius 2 is 1.48 bits per heavy atom. The fourth-order valence-electron chi connectivity index (χ4n) is 4.11. The summed E-state index contributed by atoms with van der Waals surface area (Å²) in [5.74, 6) is -2.80. The first-order chi connectivity index (χ1) is 18.8. The largest absolute Gasteiger partial charge is 0.462 e. The van der Waals surface area contributed by atoms with Gasteiger partial charge in [0.1, 0.15) is 12.9 Å². The summed E-state index contributed by atoms with van der Waals surface area (Å²) in [6, 6.07) is 3.56. The minimum atomic E-state index is -1.45. The van der Waals surface area contributed by atoms with Gasteiger partial charge in [0.15, 0.2) is 29.8 Å². The van der Waals surface area contributed by atoms with Gasteiger partial charge in [0.2, 0.25) is 0 Å². The van der Waals surface area contributed by atoms with E-state index in [0.29, 0.717) is 11.0 Å². The molecule has 1 aromatic carbocycles. The summed E-state index contributed by atoms with van der Waals surface area (Å²) < 4.78 is 24.2. The third kappa shape index (κ3) is 7.07. The lowest BCUT2D eigenvalue weighted by atomic mass is 10.1. The Labute approximate surface area is 229 Å². The van der Waals surface area contributed by atoms with Crippen LogP contribution < -0.4 is 5.56 Å². The van der Waals surface area contributed by atoms with Crippen molar-refractivity contribution in [2.45, 2.75) is 66.4 Å². The highest BCUT2D eigenvalue weighted by atomic mass is 16.6. The number of hydrogen-bond donors (Lipinski definition) is 0. The fourth-order valence-corrected chi connectivity index (χ4v) is 4.11. The number of carbonyl (C=O) groups is 4. The van der Waals surface area contributed by atoms with Gasteiger partial charge in [0.25, 0.3) is 5.56 Å². The summed E-state index contributed by atoms with van der Waals surface area (Å²) in [4.78, 5) is 66.2. The molecule has 2 aromatic heterocycles. The van der Waals surface area contributed by atoms with Crippen LogP contribution in [0.15, 0.2) is 23.3 Å². The molecule has 0 aliphatic carbocycles. The van der Waals surface area contributed by atoms with E-state index >= 15 is 0 Å². The van der Waals surface area contributed by atoms with Crippen molar-refractivity contribution in [1.29, 1.82) is 0 Å². The number of aromatic nitrogens is 5. The van der Waals surface area contributed by atoms with Crippen molar-refractivity contribution < 1.29 is 38.1 Å². The first-order valence-corrected chi connectivity index (χ1v) is 12.3. The smallest absolute Gasteiger partial charge is 0.303 e. The van der Waals surface area contributed by atoms with E-state index in [1.807, 2.05) is 13.8 Å². The van der Waals surface area contributed by atoms with Gasteiger partial charge in [-0.05, 0) is 37.1 Å². The molecule has 0 saturated heterocycles. The van der Waals surface area contributed by atoms with Crippen LogP contribution in [0.3, 0.4) is 0 Å². The standard InChI is InChI=1S/C26H31N5O9/c1-13-8-19-20(9-14(13)2)31(26(36)23(28-19)25-29-27-12-30(25)7)10-21(38-16(4)33)24(40-18(6)35)22(39-17(5)34)11-37-15(3)32/h8-9,12,21-22,24H,10-11H2,1-7H3/t21-,22+,24-/m0/s1. The Morgan fingerprint density at radius 3 is 2.02 bits per heavy atom. The number of carbonyl (C=O) groups excluding carboxylic acids is 4. The van der Waals surface area contributed by atoms with E-state index in [-0.39, 0.29) is 18.1 Å². The summed E-state index contributed by atoms with van der Waals surface area (Å²) >= 11 is 0. The van der Waals surface area contributed by atoms with Crippen molar-refractivity contribution in [3.05, 3.63) is 39.9 Å². The van der Waals surface area contributed by atoms with Crippen LogP contribution in [0.25, 0.3) is 22.6 Å². The quantitative estimate of drug-likeness (QED) is 0.258. The molecule has 14 heteroatoms. The van der Waals surface area contributed by atoms with E-state index in [4.69, 9.17) is 18.9 Å². The third-order valence-corrected chi connectivity index (χ3v) is 5.97. The van der Waals surface area contributed by atoms with Gasteiger partial charge in [0, 0.05) is 34.7 Å². The molecule has 0 fully saturated rings. The van der Waals surface area contributed by atoms with Crippen LogP contribution in [-0.2, 0) is 51.7 Å². The molecule has 0 radical (unpaired) electrons. The van der Waals surface area contributed by atoms with Crippen LogP contribution in [0.4, 0.5) is 0 Å². The molecule has 40 heavy (non-hydrogen) atoms. The zero-order chi connectivity index (χ0) is 29.7. The molecule has 0 bridgehead atoms. The van der Waals surface area contributed by atoms with Crippen molar-refractivity contribution >= 4 is 34.9 Å². The molecule has 0 unspecified atom stereocenters. The highest BCUT2D eigenvalue weighted by molar-refractivity contribution is 5.79. The SMILES string of the molecule is CC(=O)OC[C@@H](OC(C)=O)[C@@H](OC(C)=O)[C@H](Cn1c(=O)c(-c2nncn2C)nc2cc(C)c(C)cc21)OC(C)=O. The van der Waals surface area contributed by atoms with E-state index in [0.717, 1.165) is 38.8 Å². The van der Waals surface area contributed by atoms with Crippen molar-refractivity contribution in [1.82, 2.24) is 24.3 Å². The van der Waals surface area contributed by atoms with Crippen LogP contribution in [-0.4, -0.2) is 73.1 Å². The molecule has 14 nitrogen and oxygen atoms in total. The maximum absolute atomic E-state index is 13.9. The van der Waals surface area contributed by atoms with Crippen LogP contribution in [0.1, 0.15) is 38.8 Å². The second-order valence-corrected chi connectivity index (χ2v) is 9.24. The lowest BCUT2D eigenvalue weighted by molar-refractivity contribution is -0.190. The van der Waals surface area contributed by atoms with Gasteiger partial charge in [-0.2, -0.15) is 0 Å². The molecule has 0 N–H and O–H groups in total. The molecule has 0 amide bonds. The molecule has 3 aromatic rings. The van der Waals surface area contributed by atoms with Gasteiger partial charge < -0.3 is 28.1 Å². The van der Waals surface area contributed by atoms with Gasteiger partial charge in [-0.1, -0.05) is 0 Å². The Balaban J connectivity index is 2.25. The normalized spacial score (nSPS) is 13.3. The van der Waals surface area contributed by atoms with Crippen molar-refractivity contribution in [2.75, 3.05) is 6.61 Å². The summed E-state index contributed by atoms with van der Waals surface area (Å²) in [5.41, 5.74) is 2.03. The van der Waals surface area contributed by atoms with Crippen LogP contribution in [0.2, 0.25) is 0 Å². The topological polar surface area (TPSA) is 171 Å². The van der Waals surface area contributed by atoms with Gasteiger partial charge in [-0.3, -0.25) is 24.0 Å². The molecule has 0 aliphatic rings. The summed E-state index contributed by atoms with van der Waals surface area (Å²) in [7, 11) is 1.66. The number of aryl methyl sites for hydroxylation is 3. The predicted octanol–water partition coefficient (Wildman–Crippen LogP) is 1.17. The van der Waals surface area contributed by atoms with Crippen LogP contribution in [0.5, 0.6) is 0 Å². The molecule has 0 spiro atoms. The average Bonchev–Trinajstić information content (AvgIpc) is 3.27. The average molecular weight is 558 g/mol. The summed E-state index contributed by atoms with van der Waals surface area (Å²) in [6.07, 6.45) is -2.76. The Morgan fingerprint density at radius 1 is 0.875 bits per heavy atom. The molecular formula is C26H31N5O9. The second kappa shape index (κ2) is 12.5. The maximum atomic E-state index is 13.9. The second-order valence-electron chi connectivity index (χ2n) is 9.24. The molecule has 0 saturated carbocycles. The lowest BCUT2D eigenvalue weighted by Gasteiger charge is -2.32. The van der Waals surface area contributed by atoms with Crippen molar-refractivity contribution in [3.63, 3.8) is 0 Å². The van der Waals surface area contributed by atoms with E-state index in [1.54, 1.807) is 19.2 Å². The minimum absolute atomic E-state index is 0.0159. The molecular weight excluding hydrogens is 526 g/mol. The lowest BCUT2D eigenvalue weighted by Crippen LogP contribution is -2.50. The van der Waals surface area contributed by atoms with Gasteiger partial charge in [-0.25, -0.2) is 4.98 Å². The van der Waals surface area contributed by atoms with E-state index in [9.17, 15) is 24.0 Å². The highest BCUT2D eigenvalue weighted by Gasteiger charge is 2.39. The molecule has 0 aliphatic heterocycles. The van der Waals surface area contributed by atoms with Crippen LogP contribution in [0, 0.1) is 13.8 Å². The number of hydrogen-bond acceptors (Lipinski definition) is 12. The summed E-state index contributed by atoms with van der Waals surface area (Å²) in [6.45, 7) is 7.42. The highest BCUT2D eigenvalue weighted by Crippen LogP contribution is 2.23. The number of fused-ring (bicyclic) bond motifs is 1. The first-order valence-electron chi connectivity index (χ1n) is 12.3. The summed E-state index contributed by atoms with van der Waals surface area (Å²) in [5, 5.41) is 7.85. The number of rotatable bonds is 10. The molecule has 3 rings (SSSR count). The zero-order valence-corrected chi connectivity index (χ0v) is 23.3. The Hall–Kier alpha value is -4.62. The van der Waals surface area contributed by atoms with Crippen molar-refractivity contribution in [2.24, 2.45) is 7.05 Å². The number of nitrogens with zero attached hydrogens (tertiary/aromatic N) is 5. The molecule has 3 atom stereocenters. The van der Waals surface area contributed by atoms with E-state index in [1.165, 1.54) is 15.5 Å². The van der Waals surface area contributed by atoms with E-state index < -0.39 is 54.4 Å². The maximum Gasteiger partial charge on any atom is 0.303 e.